The number of benzene rings is 1. The molecule has 0 bridgehead atoms. The molecule has 0 spiro atoms. The lowest BCUT2D eigenvalue weighted by atomic mass is 10.1. The Kier molecular flexibility index (Phi) is 5.15. The number of fused-ring (bicyclic) bond motifs is 1. The molecular formula is C16H20N2O3S. The van der Waals surface area contributed by atoms with Gasteiger partial charge in [0.05, 0.1) is 4.90 Å². The first-order valence-corrected chi connectivity index (χ1v) is 8.57. The summed E-state index contributed by atoms with van der Waals surface area (Å²) in [6, 6.07) is 4.83. The van der Waals surface area contributed by atoms with Crippen LogP contribution in [-0.2, 0) is 21.2 Å². The number of nitrogens with zero attached hydrogens (tertiary/aromatic N) is 1. The monoisotopic (exact) mass is 320 g/mol. The van der Waals surface area contributed by atoms with Gasteiger partial charge in [0, 0.05) is 25.2 Å². The van der Waals surface area contributed by atoms with Gasteiger partial charge in [0.1, 0.15) is 0 Å². The third kappa shape index (κ3) is 3.45. The maximum absolute atomic E-state index is 12.7. The second-order valence-corrected chi connectivity index (χ2v) is 7.06. The van der Waals surface area contributed by atoms with Gasteiger partial charge in [-0.25, -0.2) is 8.42 Å². The van der Waals surface area contributed by atoms with E-state index in [1.165, 1.54) is 10.4 Å². The molecule has 118 valence electrons. The summed E-state index contributed by atoms with van der Waals surface area (Å²) in [5, 5.41) is 2.80. The molecule has 1 aliphatic heterocycles. The predicted octanol–water partition coefficient (Wildman–Crippen LogP) is 2.32. The van der Waals surface area contributed by atoms with Gasteiger partial charge in [0.25, 0.3) is 0 Å². The number of aryl methyl sites for hydroxylation is 1. The standard InChI is InChI=1S/C16H20N2O3S/c1-3-10-18(11-4-2)22(20,21)14-8-9-15-13(12-14)6-5-7-16(19)17-15/h3-4,8-9,12H,1-2,5-7,10-11H2,(H,17,19). The molecule has 1 aromatic carbocycles. The normalized spacial score (nSPS) is 14.9. The average Bonchev–Trinajstić information content (AvgIpc) is 2.66. The molecule has 22 heavy (non-hydrogen) atoms. The predicted molar refractivity (Wildman–Crippen MR) is 87.2 cm³/mol. The number of carbonyl (C=O) groups is 1. The summed E-state index contributed by atoms with van der Waals surface area (Å²) in [5.41, 5.74) is 1.55. The molecule has 0 radical (unpaired) electrons. The van der Waals surface area contributed by atoms with Gasteiger partial charge in [-0.05, 0) is 36.6 Å². The van der Waals surface area contributed by atoms with Crippen LogP contribution in [0.3, 0.4) is 0 Å². The van der Waals surface area contributed by atoms with Crippen LogP contribution in [0.25, 0.3) is 0 Å². The highest BCUT2D eigenvalue weighted by atomic mass is 32.2. The molecule has 0 aromatic heterocycles. The van der Waals surface area contributed by atoms with E-state index in [4.69, 9.17) is 0 Å². The Morgan fingerprint density at radius 2 is 1.86 bits per heavy atom. The number of carbonyl (C=O) groups excluding carboxylic acids is 1. The molecule has 0 aliphatic carbocycles. The third-order valence-electron chi connectivity index (χ3n) is 3.50. The molecule has 1 heterocycles. The number of rotatable bonds is 6. The van der Waals surface area contributed by atoms with Gasteiger partial charge in [-0.1, -0.05) is 12.2 Å². The number of hydrogen-bond donors (Lipinski definition) is 1. The third-order valence-corrected chi connectivity index (χ3v) is 5.33. The SMILES string of the molecule is C=CCN(CC=C)S(=O)(=O)c1ccc2c(c1)CCCC(=O)N2. The van der Waals surface area contributed by atoms with Crippen LogP contribution in [0, 0.1) is 0 Å². The fraction of sp³-hybridized carbons (Fsp3) is 0.312. The fourth-order valence-electron chi connectivity index (χ4n) is 2.42. The number of sulfonamides is 1. The highest BCUT2D eigenvalue weighted by Gasteiger charge is 2.24. The van der Waals surface area contributed by atoms with Crippen molar-refractivity contribution >= 4 is 21.6 Å². The molecule has 0 saturated carbocycles. The van der Waals surface area contributed by atoms with Crippen molar-refractivity contribution in [2.45, 2.75) is 24.2 Å². The molecule has 0 fully saturated rings. The van der Waals surface area contributed by atoms with E-state index in [-0.39, 0.29) is 23.9 Å². The van der Waals surface area contributed by atoms with E-state index in [0.717, 1.165) is 5.56 Å². The zero-order valence-corrected chi connectivity index (χ0v) is 13.2. The van der Waals surface area contributed by atoms with Crippen molar-refractivity contribution in [2.75, 3.05) is 18.4 Å². The lowest BCUT2D eigenvalue weighted by Crippen LogP contribution is -2.31. The number of hydrogen-bond acceptors (Lipinski definition) is 3. The topological polar surface area (TPSA) is 66.5 Å². The number of nitrogens with one attached hydrogen (secondary N) is 1. The van der Waals surface area contributed by atoms with E-state index < -0.39 is 10.0 Å². The van der Waals surface area contributed by atoms with Crippen LogP contribution in [0.1, 0.15) is 18.4 Å². The van der Waals surface area contributed by atoms with Crippen molar-refractivity contribution in [1.29, 1.82) is 0 Å². The van der Waals surface area contributed by atoms with Crippen molar-refractivity contribution in [3.05, 3.63) is 49.1 Å². The molecule has 6 heteroatoms. The van der Waals surface area contributed by atoms with Crippen LogP contribution in [-0.4, -0.2) is 31.7 Å². The van der Waals surface area contributed by atoms with Crippen LogP contribution in [0.2, 0.25) is 0 Å². The Morgan fingerprint density at radius 1 is 1.18 bits per heavy atom. The molecule has 0 saturated heterocycles. The Labute approximate surface area is 131 Å². The zero-order chi connectivity index (χ0) is 16.2. The lowest BCUT2D eigenvalue weighted by Gasteiger charge is -2.20. The molecule has 1 aliphatic rings. The number of anilines is 1. The van der Waals surface area contributed by atoms with Crippen LogP contribution < -0.4 is 5.32 Å². The van der Waals surface area contributed by atoms with E-state index in [2.05, 4.69) is 18.5 Å². The Balaban J connectivity index is 2.39. The molecular weight excluding hydrogens is 300 g/mol. The molecule has 1 aromatic rings. The van der Waals surface area contributed by atoms with E-state index in [9.17, 15) is 13.2 Å². The minimum atomic E-state index is -3.61. The van der Waals surface area contributed by atoms with Gasteiger partial charge in [0.15, 0.2) is 0 Å². The lowest BCUT2D eigenvalue weighted by molar-refractivity contribution is -0.116. The Hall–Kier alpha value is -1.92. The Morgan fingerprint density at radius 3 is 2.50 bits per heavy atom. The van der Waals surface area contributed by atoms with Gasteiger partial charge >= 0.3 is 0 Å². The summed E-state index contributed by atoms with van der Waals surface area (Å²) in [6.07, 6.45) is 4.94. The maximum Gasteiger partial charge on any atom is 0.243 e. The smallest absolute Gasteiger partial charge is 0.243 e. The summed E-state index contributed by atoms with van der Waals surface area (Å²) in [7, 11) is -3.61. The van der Waals surface area contributed by atoms with Crippen molar-refractivity contribution in [3.8, 4) is 0 Å². The van der Waals surface area contributed by atoms with Crippen LogP contribution in [0.5, 0.6) is 0 Å². The van der Waals surface area contributed by atoms with Crippen molar-refractivity contribution in [3.63, 3.8) is 0 Å². The second-order valence-electron chi connectivity index (χ2n) is 5.12. The summed E-state index contributed by atoms with van der Waals surface area (Å²) in [5.74, 6) is -0.0331. The van der Waals surface area contributed by atoms with E-state index in [1.54, 1.807) is 24.3 Å². The maximum atomic E-state index is 12.7. The first-order chi connectivity index (χ1) is 10.5. The highest BCUT2D eigenvalue weighted by molar-refractivity contribution is 7.89. The molecule has 1 N–H and O–H groups in total. The van der Waals surface area contributed by atoms with Gasteiger partial charge in [-0.3, -0.25) is 4.79 Å². The Bertz CT molecular complexity index is 685. The van der Waals surface area contributed by atoms with E-state index in [0.29, 0.717) is 24.9 Å². The van der Waals surface area contributed by atoms with Crippen molar-refractivity contribution in [2.24, 2.45) is 0 Å². The number of amides is 1. The summed E-state index contributed by atoms with van der Waals surface area (Å²) in [6.45, 7) is 7.63. The second kappa shape index (κ2) is 6.89. The minimum absolute atomic E-state index is 0.0331. The van der Waals surface area contributed by atoms with Gasteiger partial charge < -0.3 is 5.32 Å². The molecule has 0 atom stereocenters. The van der Waals surface area contributed by atoms with Crippen LogP contribution in [0.15, 0.2) is 48.4 Å². The molecule has 0 unspecified atom stereocenters. The van der Waals surface area contributed by atoms with Crippen molar-refractivity contribution in [1.82, 2.24) is 4.31 Å². The summed E-state index contributed by atoms with van der Waals surface area (Å²) >= 11 is 0. The highest BCUT2D eigenvalue weighted by Crippen LogP contribution is 2.26. The quantitative estimate of drug-likeness (QED) is 0.818. The average molecular weight is 320 g/mol. The van der Waals surface area contributed by atoms with E-state index in [1.807, 2.05) is 0 Å². The molecule has 1 amide bonds. The largest absolute Gasteiger partial charge is 0.326 e. The van der Waals surface area contributed by atoms with Gasteiger partial charge in [0.2, 0.25) is 15.9 Å². The van der Waals surface area contributed by atoms with E-state index >= 15 is 0 Å². The summed E-state index contributed by atoms with van der Waals surface area (Å²) < 4.78 is 26.7. The minimum Gasteiger partial charge on any atom is -0.326 e. The molecule has 5 nitrogen and oxygen atoms in total. The zero-order valence-electron chi connectivity index (χ0n) is 12.4. The van der Waals surface area contributed by atoms with Crippen LogP contribution >= 0.6 is 0 Å². The first kappa shape index (κ1) is 16.5. The van der Waals surface area contributed by atoms with Gasteiger partial charge in [-0.15, -0.1) is 13.2 Å². The van der Waals surface area contributed by atoms with Gasteiger partial charge in [-0.2, -0.15) is 4.31 Å². The first-order valence-electron chi connectivity index (χ1n) is 7.13. The fourth-order valence-corrected chi connectivity index (χ4v) is 3.85. The molecule has 2 rings (SSSR count). The van der Waals surface area contributed by atoms with Crippen molar-refractivity contribution < 1.29 is 13.2 Å². The summed E-state index contributed by atoms with van der Waals surface area (Å²) in [4.78, 5) is 11.8. The van der Waals surface area contributed by atoms with Crippen LogP contribution in [0.4, 0.5) is 5.69 Å².